The van der Waals surface area contributed by atoms with Crippen molar-refractivity contribution >= 4 is 38.0 Å². The lowest BCUT2D eigenvalue weighted by atomic mass is 10.00. The molecule has 0 aliphatic rings. The van der Waals surface area contributed by atoms with E-state index in [-0.39, 0.29) is 11.1 Å². The number of nitrogen functional groups attached to an aromatic ring is 1. The Morgan fingerprint density at radius 1 is 0.714 bits per heavy atom. The summed E-state index contributed by atoms with van der Waals surface area (Å²) in [5, 5.41) is 9.15. The molecule has 0 spiro atoms. The van der Waals surface area contributed by atoms with Crippen LogP contribution in [-0.4, -0.2) is 10.2 Å². The van der Waals surface area contributed by atoms with Gasteiger partial charge in [0.25, 0.3) is 11.1 Å². The predicted molar refractivity (Wildman–Crippen MR) is 84.6 cm³/mol. The van der Waals surface area contributed by atoms with Gasteiger partial charge in [0.15, 0.2) is 0 Å². The first kappa shape index (κ1) is 11.7. The quantitative estimate of drug-likeness (QED) is 0.339. The van der Waals surface area contributed by atoms with Crippen LogP contribution < -0.4 is 16.9 Å². The first-order chi connectivity index (χ1) is 10.1. The minimum absolute atomic E-state index is 0.306. The van der Waals surface area contributed by atoms with E-state index in [0.29, 0.717) is 16.5 Å². The number of fused-ring (bicyclic) bond motifs is 3. The van der Waals surface area contributed by atoms with Gasteiger partial charge in [-0.2, -0.15) is 0 Å². The molecule has 0 saturated carbocycles. The number of hydrogen-bond donors (Lipinski definition) is 3. The van der Waals surface area contributed by atoms with Crippen LogP contribution in [0.4, 0.5) is 5.69 Å². The van der Waals surface area contributed by atoms with Crippen LogP contribution in [0.3, 0.4) is 0 Å². The van der Waals surface area contributed by atoms with E-state index in [1.807, 2.05) is 30.3 Å². The molecule has 1 aromatic heterocycles. The molecule has 0 aliphatic heterocycles. The first-order valence-electron chi connectivity index (χ1n) is 6.50. The molecule has 21 heavy (non-hydrogen) atoms. The molecule has 0 radical (unpaired) electrons. The van der Waals surface area contributed by atoms with Crippen molar-refractivity contribution in [2.75, 3.05) is 5.73 Å². The fraction of sp³-hybridized carbons (Fsp3) is 0. The molecule has 0 atom stereocenters. The fourth-order valence-electron chi connectivity index (χ4n) is 2.72. The van der Waals surface area contributed by atoms with Gasteiger partial charge in [0.1, 0.15) is 0 Å². The number of aromatic nitrogens is 2. The second kappa shape index (κ2) is 3.96. The summed E-state index contributed by atoms with van der Waals surface area (Å²) in [6.07, 6.45) is 0. The maximum Gasteiger partial charge on any atom is 0.270 e. The molecule has 0 unspecified atom stereocenters. The number of aromatic amines is 2. The van der Waals surface area contributed by atoms with Gasteiger partial charge in [0, 0.05) is 11.1 Å². The van der Waals surface area contributed by atoms with Crippen LogP contribution in [0.5, 0.6) is 0 Å². The van der Waals surface area contributed by atoms with Crippen molar-refractivity contribution in [1.82, 2.24) is 10.2 Å². The van der Waals surface area contributed by atoms with Crippen LogP contribution in [0.15, 0.2) is 52.1 Å². The largest absolute Gasteiger partial charge is 0.398 e. The van der Waals surface area contributed by atoms with Gasteiger partial charge < -0.3 is 5.73 Å². The highest BCUT2D eigenvalue weighted by atomic mass is 16.1. The van der Waals surface area contributed by atoms with Crippen LogP contribution in [0, 0.1) is 0 Å². The second-order valence-corrected chi connectivity index (χ2v) is 5.07. The maximum atomic E-state index is 11.9. The van der Waals surface area contributed by atoms with Gasteiger partial charge in [-0.05, 0) is 46.5 Å². The Kier molecular flexibility index (Phi) is 2.21. The zero-order valence-electron chi connectivity index (χ0n) is 10.9. The molecule has 3 aromatic carbocycles. The zero-order chi connectivity index (χ0) is 14.6. The lowest BCUT2D eigenvalue weighted by molar-refractivity contribution is 0.977. The SMILES string of the molecule is Nc1cccc2cc3cc4c(=O)[nH][nH]c(=O)c4cc3cc12. The fourth-order valence-corrected chi connectivity index (χ4v) is 2.72. The average Bonchev–Trinajstić information content (AvgIpc) is 2.48. The van der Waals surface area contributed by atoms with Crippen molar-refractivity contribution in [2.45, 2.75) is 0 Å². The van der Waals surface area contributed by atoms with Crippen molar-refractivity contribution in [2.24, 2.45) is 0 Å². The van der Waals surface area contributed by atoms with Gasteiger partial charge in [-0.1, -0.05) is 12.1 Å². The third-order valence-electron chi connectivity index (χ3n) is 3.79. The molecule has 0 aliphatic carbocycles. The van der Waals surface area contributed by atoms with Crippen molar-refractivity contribution in [3.63, 3.8) is 0 Å². The summed E-state index contributed by atoms with van der Waals surface area (Å²) < 4.78 is 0. The standard InChI is InChI=1S/C16H11N3O2/c17-14-3-1-2-8-4-9-6-12-13(7-10(9)5-11(8)14)16(21)19-18-15(12)20/h1-7H,17H2,(H,18,20)(H,19,21). The van der Waals surface area contributed by atoms with Gasteiger partial charge in [0.05, 0.1) is 10.8 Å². The molecule has 5 heteroatoms. The van der Waals surface area contributed by atoms with E-state index in [2.05, 4.69) is 10.2 Å². The van der Waals surface area contributed by atoms with E-state index >= 15 is 0 Å². The number of nitrogens with one attached hydrogen (secondary N) is 2. The van der Waals surface area contributed by atoms with E-state index < -0.39 is 0 Å². The summed E-state index contributed by atoms with van der Waals surface area (Å²) in [4.78, 5) is 23.7. The van der Waals surface area contributed by atoms with Crippen molar-refractivity contribution < 1.29 is 0 Å². The highest BCUT2D eigenvalue weighted by molar-refractivity contribution is 6.07. The van der Waals surface area contributed by atoms with Gasteiger partial charge in [-0.25, -0.2) is 0 Å². The summed E-state index contributed by atoms with van der Waals surface area (Å²) in [6, 6.07) is 13.1. The minimum atomic E-state index is -0.312. The number of benzene rings is 3. The molecule has 0 amide bonds. The molecule has 0 fully saturated rings. The number of nitrogens with two attached hydrogens (primary N) is 1. The Morgan fingerprint density at radius 3 is 1.95 bits per heavy atom. The maximum absolute atomic E-state index is 11.9. The third-order valence-corrected chi connectivity index (χ3v) is 3.79. The van der Waals surface area contributed by atoms with E-state index in [1.165, 1.54) is 0 Å². The van der Waals surface area contributed by atoms with Crippen LogP contribution in [0.2, 0.25) is 0 Å². The van der Waals surface area contributed by atoms with Gasteiger partial charge in [-0.15, -0.1) is 0 Å². The van der Waals surface area contributed by atoms with Gasteiger partial charge in [-0.3, -0.25) is 19.8 Å². The van der Waals surface area contributed by atoms with E-state index in [4.69, 9.17) is 5.73 Å². The molecule has 5 nitrogen and oxygen atoms in total. The van der Waals surface area contributed by atoms with Gasteiger partial charge in [0.2, 0.25) is 0 Å². The molecule has 4 rings (SSSR count). The predicted octanol–water partition coefficient (Wildman–Crippen LogP) is 2.10. The van der Waals surface area contributed by atoms with Crippen LogP contribution in [0.1, 0.15) is 0 Å². The van der Waals surface area contributed by atoms with E-state index in [9.17, 15) is 9.59 Å². The molecule has 4 aromatic rings. The molecule has 0 bridgehead atoms. The Bertz CT molecular complexity index is 1140. The topological polar surface area (TPSA) is 91.7 Å². The Balaban J connectivity index is 2.26. The van der Waals surface area contributed by atoms with Crippen LogP contribution in [-0.2, 0) is 0 Å². The Hall–Kier alpha value is -3.08. The lowest BCUT2D eigenvalue weighted by Crippen LogP contribution is -2.18. The van der Waals surface area contributed by atoms with E-state index in [1.54, 1.807) is 12.1 Å². The van der Waals surface area contributed by atoms with Gasteiger partial charge >= 0.3 is 0 Å². The minimum Gasteiger partial charge on any atom is -0.398 e. The number of hydrogen-bond acceptors (Lipinski definition) is 3. The molecular weight excluding hydrogens is 266 g/mol. The lowest BCUT2D eigenvalue weighted by Gasteiger charge is -2.06. The summed E-state index contributed by atoms with van der Waals surface area (Å²) in [7, 11) is 0. The van der Waals surface area contributed by atoms with Crippen molar-refractivity contribution in [1.29, 1.82) is 0 Å². The summed E-state index contributed by atoms with van der Waals surface area (Å²) in [5.74, 6) is 0. The summed E-state index contributed by atoms with van der Waals surface area (Å²) >= 11 is 0. The number of anilines is 1. The average molecular weight is 277 g/mol. The van der Waals surface area contributed by atoms with Crippen molar-refractivity contribution in [3.8, 4) is 0 Å². The third kappa shape index (κ3) is 1.64. The molecule has 4 N–H and O–H groups in total. The first-order valence-corrected chi connectivity index (χ1v) is 6.50. The summed E-state index contributed by atoms with van der Waals surface area (Å²) in [5.41, 5.74) is 6.06. The molecule has 102 valence electrons. The summed E-state index contributed by atoms with van der Waals surface area (Å²) in [6.45, 7) is 0. The van der Waals surface area contributed by atoms with Crippen LogP contribution >= 0.6 is 0 Å². The van der Waals surface area contributed by atoms with E-state index in [0.717, 1.165) is 21.5 Å². The van der Waals surface area contributed by atoms with Crippen LogP contribution in [0.25, 0.3) is 32.3 Å². The molecule has 1 heterocycles. The smallest absolute Gasteiger partial charge is 0.270 e. The molecule has 0 saturated heterocycles. The number of rotatable bonds is 0. The second-order valence-electron chi connectivity index (χ2n) is 5.07. The highest BCUT2D eigenvalue weighted by Gasteiger charge is 2.07. The number of H-pyrrole nitrogens is 2. The Labute approximate surface area is 118 Å². The zero-order valence-corrected chi connectivity index (χ0v) is 10.9. The van der Waals surface area contributed by atoms with Crippen molar-refractivity contribution in [3.05, 3.63) is 63.2 Å². The highest BCUT2D eigenvalue weighted by Crippen LogP contribution is 2.28. The monoisotopic (exact) mass is 277 g/mol. The molecular formula is C16H11N3O2. The normalized spacial score (nSPS) is 11.4. The Morgan fingerprint density at radius 2 is 1.29 bits per heavy atom.